The number of carbonyl (C=O) groups is 3. The maximum atomic E-state index is 12.3. The molecule has 0 unspecified atom stereocenters. The number of esters is 1. The van der Waals surface area contributed by atoms with Crippen molar-refractivity contribution in [2.75, 3.05) is 7.11 Å². The van der Waals surface area contributed by atoms with Crippen LogP contribution in [0.3, 0.4) is 0 Å². The minimum Gasteiger partial charge on any atom is -0.493 e. The van der Waals surface area contributed by atoms with E-state index in [1.54, 1.807) is 19.1 Å². The molecule has 0 aliphatic carbocycles. The molecule has 6 rings (SSSR count). The second-order valence-corrected chi connectivity index (χ2v) is 16.4. The molecule has 342 valence electrons. The number of carboxylic acid groups (broad SMARTS) is 2. The van der Waals surface area contributed by atoms with E-state index in [-0.39, 0.29) is 68.0 Å². The van der Waals surface area contributed by atoms with Crippen LogP contribution >= 0.6 is 0 Å². The molecule has 0 amide bonds. The summed E-state index contributed by atoms with van der Waals surface area (Å²) < 4.78 is 7.25. The van der Waals surface area contributed by atoms with Gasteiger partial charge in [0.25, 0.3) is 11.4 Å². The van der Waals surface area contributed by atoms with Crippen LogP contribution in [0.15, 0.2) is 94.9 Å². The Morgan fingerprint density at radius 3 is 1.39 bits per heavy atom. The molecule has 0 radical (unpaired) electrons. The number of nitro groups is 2. The smallest absolute Gasteiger partial charge is 0.359 e. The van der Waals surface area contributed by atoms with E-state index in [4.69, 9.17) is 4.74 Å². The molecule has 21 heteroatoms. The Hall–Kier alpha value is -8.02. The Morgan fingerprint density at radius 2 is 1.03 bits per heavy atom. The predicted molar refractivity (Wildman–Crippen MR) is 239 cm³/mol. The number of hydrogen-bond acceptors (Lipinski definition) is 14. The van der Waals surface area contributed by atoms with Crippen molar-refractivity contribution < 1.29 is 66.8 Å². The summed E-state index contributed by atoms with van der Waals surface area (Å²) in [5.74, 6) is -4.19. The second kappa shape index (κ2) is 20.2. The zero-order valence-electron chi connectivity index (χ0n) is 36.8. The molecule has 66 heavy (non-hydrogen) atoms. The molecule has 0 bridgehead atoms. The van der Waals surface area contributed by atoms with Crippen molar-refractivity contribution >= 4 is 53.1 Å². The van der Waals surface area contributed by atoms with Crippen molar-refractivity contribution in [2.24, 2.45) is 9.98 Å². The van der Waals surface area contributed by atoms with Gasteiger partial charge in [0, 0.05) is 54.1 Å². The average molecular weight is 941 g/mol. The molecule has 0 saturated heterocycles. The molecule has 2 heterocycles. The van der Waals surface area contributed by atoms with E-state index in [1.807, 2.05) is 36.4 Å². The van der Waals surface area contributed by atoms with Gasteiger partial charge in [-0.05, 0) is 65.3 Å². The number of carbonyl (C=O) groups excluding carboxylic acids is 1. The van der Waals surface area contributed by atoms with Crippen molar-refractivity contribution in [3.05, 3.63) is 150 Å². The second-order valence-electron chi connectivity index (χ2n) is 16.4. The SMILES string of the molecule is COC(=O)c1nn(-c2ccc(C(C)(C)C)cc2)c(O)c1C=Nc1ccc([N+](=O)[O-])cc1C(=O)O.Cc1nn(-c2ccc(C(C)(C)C)cc2)c(O)c1C=Nc1ccc([N+](=O)[O-])cc1C(=O)O.[Cr]. The predicted octanol–water partition coefficient (Wildman–Crippen LogP) is 8.56. The number of nitrogens with zero attached hydrogens (tertiary/aromatic N) is 8. The number of aromatic nitrogens is 4. The van der Waals surface area contributed by atoms with Crippen molar-refractivity contribution in [3.8, 4) is 23.1 Å². The molecule has 0 fully saturated rings. The third-order valence-electron chi connectivity index (χ3n) is 9.82. The molecular formula is C45H44CrN8O12. The summed E-state index contributed by atoms with van der Waals surface area (Å²) in [6.07, 6.45) is 2.35. The van der Waals surface area contributed by atoms with Crippen LogP contribution in [0.2, 0.25) is 0 Å². The summed E-state index contributed by atoms with van der Waals surface area (Å²) in [6.45, 7) is 14.2. The normalized spacial score (nSPS) is 11.5. The van der Waals surface area contributed by atoms with Crippen LogP contribution in [-0.4, -0.2) is 87.3 Å². The molecule has 0 spiro atoms. The zero-order valence-corrected chi connectivity index (χ0v) is 38.1. The Bertz CT molecular complexity index is 2890. The van der Waals surface area contributed by atoms with E-state index in [1.165, 1.54) is 23.0 Å². The third kappa shape index (κ3) is 11.4. The summed E-state index contributed by atoms with van der Waals surface area (Å²) in [5, 5.41) is 70.6. The van der Waals surface area contributed by atoms with Crippen LogP contribution in [0.5, 0.6) is 11.8 Å². The number of aromatic carboxylic acids is 2. The fraction of sp³-hybridized carbons (Fsp3) is 0.222. The minimum atomic E-state index is -1.43. The molecule has 2 aromatic heterocycles. The molecule has 4 N–H and O–H groups in total. The van der Waals surface area contributed by atoms with Gasteiger partial charge in [-0.25, -0.2) is 19.1 Å². The minimum absolute atomic E-state index is 0. The molecule has 0 aliphatic heterocycles. The molecule has 0 saturated carbocycles. The maximum absolute atomic E-state index is 12.3. The third-order valence-corrected chi connectivity index (χ3v) is 9.82. The molecule has 4 aromatic carbocycles. The molecule has 6 aromatic rings. The number of rotatable bonds is 11. The largest absolute Gasteiger partial charge is 0.493 e. The average Bonchev–Trinajstić information content (AvgIpc) is 3.74. The van der Waals surface area contributed by atoms with Crippen LogP contribution < -0.4 is 0 Å². The number of non-ortho nitro benzene ring substituents is 2. The van der Waals surface area contributed by atoms with Crippen molar-refractivity contribution in [2.45, 2.75) is 59.3 Å². The Kier molecular flexibility index (Phi) is 15.5. The number of methoxy groups -OCH3 is 1. The first kappa shape index (κ1) is 50.6. The van der Waals surface area contributed by atoms with Gasteiger partial charge in [-0.2, -0.15) is 14.9 Å². The number of ether oxygens (including phenoxy) is 1. The van der Waals surface area contributed by atoms with E-state index in [0.717, 1.165) is 53.4 Å². The summed E-state index contributed by atoms with van der Waals surface area (Å²) in [4.78, 5) is 63.9. The standard InChI is InChI=1S/C23H22N4O7.C22H22N4O5.Cr/c1-23(2,3)13-5-7-14(8-6-13)26-20(28)17(19(25-26)22(31)34-4)12-24-18-10-9-15(27(32)33)11-16(18)21(29)30;1-13-18(12-23-19-10-9-16(26(30)31)11-17(19)21(28)29)20(27)25(24-13)15-7-5-14(6-8-15)22(2,3)4;/h5-12,28H,1-4H3,(H,29,30);5-12,27H,1-4H3,(H,28,29);. The molecular weight excluding hydrogens is 897 g/mol. The van der Waals surface area contributed by atoms with Gasteiger partial charge >= 0.3 is 17.9 Å². The van der Waals surface area contributed by atoms with Crippen LogP contribution in [-0.2, 0) is 32.9 Å². The van der Waals surface area contributed by atoms with Gasteiger partial charge < -0.3 is 25.2 Å². The topological polar surface area (TPSA) is 288 Å². The Balaban J connectivity index is 0.000000285. The number of aromatic hydroxyl groups is 2. The summed E-state index contributed by atoms with van der Waals surface area (Å²) >= 11 is 0. The van der Waals surface area contributed by atoms with Crippen LogP contribution in [0.4, 0.5) is 22.7 Å². The number of carboxylic acids is 2. The van der Waals surface area contributed by atoms with Gasteiger partial charge in [0.1, 0.15) is 0 Å². The Labute approximate surface area is 387 Å². The van der Waals surface area contributed by atoms with Crippen LogP contribution in [0.25, 0.3) is 11.4 Å². The van der Waals surface area contributed by atoms with E-state index >= 15 is 0 Å². The number of benzene rings is 4. The fourth-order valence-corrected chi connectivity index (χ4v) is 6.14. The van der Waals surface area contributed by atoms with Crippen molar-refractivity contribution in [1.82, 2.24) is 19.6 Å². The number of aliphatic imine (C=N–C) groups is 2. The van der Waals surface area contributed by atoms with Crippen LogP contribution in [0.1, 0.15) is 101 Å². The van der Waals surface area contributed by atoms with Crippen LogP contribution in [0, 0.1) is 27.2 Å². The first-order valence-corrected chi connectivity index (χ1v) is 19.4. The summed E-state index contributed by atoms with van der Waals surface area (Å²) in [6, 6.07) is 21.3. The number of aryl methyl sites for hydroxylation is 1. The van der Waals surface area contributed by atoms with E-state index in [0.29, 0.717) is 22.6 Å². The van der Waals surface area contributed by atoms with Gasteiger partial charge in [0.15, 0.2) is 5.69 Å². The first-order chi connectivity index (χ1) is 30.4. The fourth-order valence-electron chi connectivity index (χ4n) is 6.14. The van der Waals surface area contributed by atoms with E-state index in [2.05, 4.69) is 61.7 Å². The summed E-state index contributed by atoms with van der Waals surface area (Å²) in [7, 11) is 1.15. The molecule has 0 atom stereocenters. The van der Waals surface area contributed by atoms with Crippen molar-refractivity contribution in [3.63, 3.8) is 0 Å². The Morgan fingerprint density at radius 1 is 0.652 bits per heavy atom. The maximum Gasteiger partial charge on any atom is 0.359 e. The quantitative estimate of drug-likeness (QED) is 0.0410. The summed E-state index contributed by atoms with van der Waals surface area (Å²) in [5.41, 5.74) is 2.08. The van der Waals surface area contributed by atoms with Crippen molar-refractivity contribution in [1.29, 1.82) is 0 Å². The number of nitro benzene ring substituents is 2. The van der Waals surface area contributed by atoms with E-state index < -0.39 is 44.9 Å². The van der Waals surface area contributed by atoms with Gasteiger partial charge in [-0.3, -0.25) is 30.2 Å². The monoisotopic (exact) mass is 940 g/mol. The van der Waals surface area contributed by atoms with Gasteiger partial charge in [-0.1, -0.05) is 65.8 Å². The number of hydrogen-bond donors (Lipinski definition) is 4. The molecule has 0 aliphatic rings. The van der Waals surface area contributed by atoms with Gasteiger partial charge in [0.2, 0.25) is 11.8 Å². The van der Waals surface area contributed by atoms with Gasteiger partial charge in [0.05, 0.1) is 67.7 Å². The first-order valence-electron chi connectivity index (χ1n) is 19.4. The van der Waals surface area contributed by atoms with E-state index in [9.17, 15) is 55.0 Å². The molecule has 20 nitrogen and oxygen atoms in total. The zero-order chi connectivity index (χ0) is 48.1. The van der Waals surface area contributed by atoms with Gasteiger partial charge in [-0.15, -0.1) is 0 Å².